The summed E-state index contributed by atoms with van der Waals surface area (Å²) in [5.74, 6) is 0. The lowest BCUT2D eigenvalue weighted by atomic mass is 10.1. The second kappa shape index (κ2) is 12.3. The van der Waals surface area contributed by atoms with Gasteiger partial charge in [0.1, 0.15) is 6.29 Å². The van der Waals surface area contributed by atoms with Gasteiger partial charge in [-0.3, -0.25) is 4.79 Å². The summed E-state index contributed by atoms with van der Waals surface area (Å²) in [6.07, 6.45) is 13.5. The smallest absolute Gasteiger partial charge is 0.150 e. The molecular weight excluding hydrogens is 348 g/mol. The van der Waals surface area contributed by atoms with Crippen LogP contribution >= 0.6 is 0 Å². The Kier molecular flexibility index (Phi) is 9.73. The third-order valence-corrected chi connectivity index (χ3v) is 5.26. The van der Waals surface area contributed by atoms with Crippen molar-refractivity contribution in [2.45, 2.75) is 44.9 Å². The normalized spacial score (nSPS) is 13.8. The Morgan fingerprint density at radius 2 is 1.79 bits per heavy atom. The summed E-state index contributed by atoms with van der Waals surface area (Å²) in [5.41, 5.74) is 4.57. The van der Waals surface area contributed by atoms with Crippen LogP contribution in [0.25, 0.3) is 5.69 Å². The van der Waals surface area contributed by atoms with Crippen LogP contribution in [0.3, 0.4) is 0 Å². The Labute approximate surface area is 169 Å². The number of aliphatic hydroxyl groups excluding tert-OH is 1. The monoisotopic (exact) mass is 382 g/mol. The van der Waals surface area contributed by atoms with Gasteiger partial charge in [0.15, 0.2) is 0 Å². The lowest BCUT2D eigenvalue weighted by Gasteiger charge is -2.13. The molecule has 0 bridgehead atoms. The van der Waals surface area contributed by atoms with E-state index >= 15 is 0 Å². The van der Waals surface area contributed by atoms with Gasteiger partial charge in [-0.15, -0.1) is 6.58 Å². The van der Waals surface area contributed by atoms with Crippen LogP contribution in [0.2, 0.25) is 0 Å². The fourth-order valence-corrected chi connectivity index (χ4v) is 3.77. The topological polar surface area (TPSA) is 45.5 Å². The number of rotatable bonds is 10. The van der Waals surface area contributed by atoms with Gasteiger partial charge in [0.25, 0.3) is 0 Å². The zero-order valence-corrected chi connectivity index (χ0v) is 17.1. The predicted octanol–water partition coefficient (Wildman–Crippen LogP) is 4.44. The number of hydrogen-bond acceptors (Lipinski definition) is 3. The van der Waals surface area contributed by atoms with Crippen molar-refractivity contribution in [3.63, 3.8) is 0 Å². The number of nitrogens with zero attached hydrogens (tertiary/aromatic N) is 2. The fourth-order valence-electron chi connectivity index (χ4n) is 3.77. The summed E-state index contributed by atoms with van der Waals surface area (Å²) in [7, 11) is 1.00. The van der Waals surface area contributed by atoms with Crippen molar-refractivity contribution in [2.75, 3.05) is 26.7 Å². The molecular formula is C24H34N2O2. The van der Waals surface area contributed by atoms with Gasteiger partial charge in [-0.1, -0.05) is 6.08 Å². The van der Waals surface area contributed by atoms with Crippen LogP contribution in [0.15, 0.2) is 49.2 Å². The van der Waals surface area contributed by atoms with E-state index in [0.29, 0.717) is 0 Å². The van der Waals surface area contributed by atoms with Gasteiger partial charge in [-0.05, 0) is 100 Å². The van der Waals surface area contributed by atoms with Crippen LogP contribution in [0.1, 0.15) is 53.7 Å². The molecule has 0 amide bonds. The predicted molar refractivity (Wildman–Crippen MR) is 116 cm³/mol. The summed E-state index contributed by atoms with van der Waals surface area (Å²) >= 11 is 0. The first-order valence-corrected chi connectivity index (χ1v) is 10.3. The van der Waals surface area contributed by atoms with E-state index in [2.05, 4.69) is 28.3 Å². The molecule has 3 rings (SSSR count). The van der Waals surface area contributed by atoms with Crippen LogP contribution in [-0.2, 0) is 12.8 Å². The number of aryl methyl sites for hydroxylation is 2. The van der Waals surface area contributed by atoms with Gasteiger partial charge >= 0.3 is 0 Å². The van der Waals surface area contributed by atoms with Gasteiger partial charge in [-0.25, -0.2) is 0 Å². The molecule has 1 aliphatic rings. The standard InChI is InChI=1S/C23H30N2O.CH4O/c1-2-3-9-23-17-21(8-4-5-14-24-15-6-7-16-24)18-25(23)22-12-10-20(19-26)11-13-22;1-2/h2,10-13,17-19H,1,3-9,14-16H2;2H,1H3. The number of carbonyl (C=O) groups is 1. The highest BCUT2D eigenvalue weighted by molar-refractivity contribution is 5.75. The Hall–Kier alpha value is -2.17. The van der Waals surface area contributed by atoms with Crippen LogP contribution in [0.4, 0.5) is 0 Å². The van der Waals surface area contributed by atoms with Crippen molar-refractivity contribution in [1.82, 2.24) is 9.47 Å². The van der Waals surface area contributed by atoms with Gasteiger partial charge < -0.3 is 14.6 Å². The molecule has 4 heteroatoms. The second-order valence-corrected chi connectivity index (χ2v) is 7.25. The summed E-state index contributed by atoms with van der Waals surface area (Å²) in [6, 6.07) is 10.2. The molecule has 152 valence electrons. The minimum Gasteiger partial charge on any atom is -0.400 e. The maximum atomic E-state index is 10.9. The van der Waals surface area contributed by atoms with Crippen LogP contribution in [-0.4, -0.2) is 47.6 Å². The van der Waals surface area contributed by atoms with E-state index in [9.17, 15) is 4.79 Å². The molecule has 1 saturated heterocycles. The van der Waals surface area contributed by atoms with E-state index in [1.807, 2.05) is 30.3 Å². The number of hydrogen-bond donors (Lipinski definition) is 1. The second-order valence-electron chi connectivity index (χ2n) is 7.25. The van der Waals surface area contributed by atoms with Crippen molar-refractivity contribution in [2.24, 2.45) is 0 Å². The summed E-state index contributed by atoms with van der Waals surface area (Å²) < 4.78 is 2.27. The lowest BCUT2D eigenvalue weighted by molar-refractivity contribution is 0.112. The molecule has 0 radical (unpaired) electrons. The summed E-state index contributed by atoms with van der Waals surface area (Å²) in [4.78, 5) is 13.5. The number of benzene rings is 1. The molecule has 0 unspecified atom stereocenters. The minimum absolute atomic E-state index is 0.718. The molecule has 1 aliphatic heterocycles. The highest BCUT2D eigenvalue weighted by atomic mass is 16.2. The first kappa shape index (κ1) is 22.1. The van der Waals surface area contributed by atoms with E-state index in [1.54, 1.807) is 0 Å². The minimum atomic E-state index is 0.718. The van der Waals surface area contributed by atoms with E-state index in [0.717, 1.165) is 43.9 Å². The molecule has 2 aromatic rings. The number of aldehydes is 1. The van der Waals surface area contributed by atoms with E-state index in [1.165, 1.54) is 56.6 Å². The van der Waals surface area contributed by atoms with Crippen molar-refractivity contribution < 1.29 is 9.90 Å². The molecule has 1 aromatic heterocycles. The highest BCUT2D eigenvalue weighted by Crippen LogP contribution is 2.20. The molecule has 28 heavy (non-hydrogen) atoms. The van der Waals surface area contributed by atoms with E-state index in [4.69, 9.17) is 5.11 Å². The summed E-state index contributed by atoms with van der Waals surface area (Å²) in [6.45, 7) is 7.68. The molecule has 1 N–H and O–H groups in total. The van der Waals surface area contributed by atoms with Crippen molar-refractivity contribution in [3.05, 3.63) is 66.0 Å². The molecule has 0 aliphatic carbocycles. The number of allylic oxidation sites excluding steroid dienone is 1. The number of aromatic nitrogens is 1. The van der Waals surface area contributed by atoms with Gasteiger partial charge in [0.2, 0.25) is 0 Å². The summed E-state index contributed by atoms with van der Waals surface area (Å²) in [5, 5.41) is 7.00. The number of likely N-dealkylation sites (tertiary alicyclic amines) is 1. The Morgan fingerprint density at radius 3 is 2.43 bits per heavy atom. The van der Waals surface area contributed by atoms with Gasteiger partial charge in [-0.2, -0.15) is 0 Å². The highest BCUT2D eigenvalue weighted by Gasteiger charge is 2.11. The van der Waals surface area contributed by atoms with Crippen LogP contribution in [0, 0.1) is 0 Å². The SMILES string of the molecule is C=CCCc1cc(CCCCN2CCCC2)cn1-c1ccc(C=O)cc1.CO. The lowest BCUT2D eigenvalue weighted by Crippen LogP contribution is -2.20. The molecule has 2 heterocycles. The molecule has 0 atom stereocenters. The third-order valence-electron chi connectivity index (χ3n) is 5.26. The molecule has 0 saturated carbocycles. The largest absolute Gasteiger partial charge is 0.400 e. The zero-order chi connectivity index (χ0) is 20.2. The number of unbranched alkanes of at least 4 members (excludes halogenated alkanes) is 1. The van der Waals surface area contributed by atoms with Crippen molar-refractivity contribution >= 4 is 6.29 Å². The first-order valence-electron chi connectivity index (χ1n) is 10.3. The zero-order valence-electron chi connectivity index (χ0n) is 17.1. The maximum Gasteiger partial charge on any atom is 0.150 e. The van der Waals surface area contributed by atoms with E-state index < -0.39 is 0 Å². The Morgan fingerprint density at radius 1 is 1.07 bits per heavy atom. The average Bonchev–Trinajstić information content (AvgIpc) is 3.41. The molecule has 4 nitrogen and oxygen atoms in total. The van der Waals surface area contributed by atoms with Crippen molar-refractivity contribution in [3.8, 4) is 5.69 Å². The maximum absolute atomic E-state index is 10.9. The van der Waals surface area contributed by atoms with Crippen LogP contribution in [0.5, 0.6) is 0 Å². The van der Waals surface area contributed by atoms with Crippen LogP contribution < -0.4 is 0 Å². The Bertz CT molecular complexity index is 713. The fraction of sp³-hybridized carbons (Fsp3) is 0.458. The van der Waals surface area contributed by atoms with Gasteiger partial charge in [0, 0.05) is 30.3 Å². The van der Waals surface area contributed by atoms with E-state index in [-0.39, 0.29) is 0 Å². The van der Waals surface area contributed by atoms with Crippen molar-refractivity contribution in [1.29, 1.82) is 0 Å². The molecule has 1 aromatic carbocycles. The number of aliphatic hydroxyl groups is 1. The molecule has 1 fully saturated rings. The van der Waals surface area contributed by atoms with Gasteiger partial charge in [0.05, 0.1) is 0 Å². The first-order chi connectivity index (χ1) is 13.8. The Balaban J connectivity index is 0.00000136. The quantitative estimate of drug-likeness (QED) is 0.375. The third kappa shape index (κ3) is 6.47. The average molecular weight is 383 g/mol. The molecule has 0 spiro atoms. The number of carbonyl (C=O) groups excluding carboxylic acids is 1.